The lowest BCUT2D eigenvalue weighted by molar-refractivity contribution is -0.139. The lowest BCUT2D eigenvalue weighted by Crippen LogP contribution is -2.49. The van der Waals surface area contributed by atoms with E-state index < -0.39 is 12.0 Å². The molecule has 0 aliphatic carbocycles. The third-order valence-corrected chi connectivity index (χ3v) is 3.51. The van der Waals surface area contributed by atoms with Gasteiger partial charge in [-0.1, -0.05) is 11.8 Å². The summed E-state index contributed by atoms with van der Waals surface area (Å²) in [7, 11) is 0. The third-order valence-electron chi connectivity index (χ3n) is 2.89. The molecule has 7 heteroatoms. The maximum atomic E-state index is 12.3. The van der Waals surface area contributed by atoms with Gasteiger partial charge in [-0.15, -0.1) is 0 Å². The predicted molar refractivity (Wildman–Crippen MR) is 68.4 cm³/mol. The fourth-order valence-corrected chi connectivity index (χ4v) is 2.36. The van der Waals surface area contributed by atoms with Crippen LogP contribution in [0.15, 0.2) is 21.6 Å². The summed E-state index contributed by atoms with van der Waals surface area (Å²) < 4.78 is 10.6. The van der Waals surface area contributed by atoms with Gasteiger partial charge in [0.25, 0.3) is 5.91 Å². The van der Waals surface area contributed by atoms with Crippen molar-refractivity contribution in [3.63, 3.8) is 0 Å². The van der Waals surface area contributed by atoms with Crippen molar-refractivity contribution in [1.29, 1.82) is 0 Å². The topological polar surface area (TPSA) is 80.0 Å². The molecule has 0 saturated carbocycles. The Balaban J connectivity index is 2.12. The summed E-state index contributed by atoms with van der Waals surface area (Å²) in [4.78, 5) is 24.6. The van der Waals surface area contributed by atoms with Gasteiger partial charge in [0.1, 0.15) is 0 Å². The van der Waals surface area contributed by atoms with Gasteiger partial charge in [-0.25, -0.2) is 0 Å². The number of amides is 1. The van der Waals surface area contributed by atoms with Gasteiger partial charge >= 0.3 is 5.97 Å². The molecule has 0 radical (unpaired) electrons. The van der Waals surface area contributed by atoms with E-state index in [1.54, 1.807) is 12.1 Å². The molecule has 6 nitrogen and oxygen atoms in total. The highest BCUT2D eigenvalue weighted by Crippen LogP contribution is 2.21. The molecule has 1 aliphatic rings. The number of carboxylic acids is 1. The summed E-state index contributed by atoms with van der Waals surface area (Å²) >= 11 is 1.41. The number of rotatable bonds is 4. The quantitative estimate of drug-likeness (QED) is 0.840. The molecule has 1 atom stereocenters. The number of carbonyl (C=O) groups excluding carboxylic acids is 1. The molecule has 1 unspecified atom stereocenters. The Morgan fingerprint density at radius 2 is 2.32 bits per heavy atom. The minimum absolute atomic E-state index is 0.123. The fourth-order valence-electron chi connectivity index (χ4n) is 1.98. The molecule has 2 heterocycles. The Hall–Kier alpha value is -1.47. The van der Waals surface area contributed by atoms with Crippen LogP contribution in [0.1, 0.15) is 17.0 Å². The second-order valence-electron chi connectivity index (χ2n) is 4.15. The van der Waals surface area contributed by atoms with Crippen LogP contribution in [0.25, 0.3) is 0 Å². The molecule has 0 spiro atoms. The number of hydrogen-bond donors (Lipinski definition) is 1. The van der Waals surface area contributed by atoms with Crippen molar-refractivity contribution >= 4 is 23.6 Å². The molecule has 1 N–H and O–H groups in total. The second-order valence-corrected chi connectivity index (χ2v) is 4.96. The van der Waals surface area contributed by atoms with Gasteiger partial charge in [-0.3, -0.25) is 9.59 Å². The fraction of sp³-hybridized carbons (Fsp3) is 0.500. The SMILES string of the molecule is CSc1ccc(C(=O)N2CCOCC2CC(=O)O)o1. The number of thioether (sulfide) groups is 1. The van der Waals surface area contributed by atoms with Crippen LogP contribution in [0.2, 0.25) is 0 Å². The van der Waals surface area contributed by atoms with Gasteiger partial charge in [0.2, 0.25) is 0 Å². The van der Waals surface area contributed by atoms with Crippen LogP contribution in [0.4, 0.5) is 0 Å². The summed E-state index contributed by atoms with van der Waals surface area (Å²) in [6.07, 6.45) is 1.73. The average molecular weight is 285 g/mol. The Morgan fingerprint density at radius 3 is 2.95 bits per heavy atom. The predicted octanol–water partition coefficient (Wildman–Crippen LogP) is 1.32. The third kappa shape index (κ3) is 3.30. The van der Waals surface area contributed by atoms with Crippen LogP contribution in [0.5, 0.6) is 0 Å². The van der Waals surface area contributed by atoms with Crippen LogP contribution in [0.3, 0.4) is 0 Å². The van der Waals surface area contributed by atoms with Crippen molar-refractivity contribution in [3.8, 4) is 0 Å². The first-order valence-electron chi connectivity index (χ1n) is 5.86. The van der Waals surface area contributed by atoms with Crippen molar-refractivity contribution in [2.24, 2.45) is 0 Å². The van der Waals surface area contributed by atoms with Crippen molar-refractivity contribution in [2.45, 2.75) is 17.6 Å². The molecule has 2 rings (SSSR count). The highest BCUT2D eigenvalue weighted by atomic mass is 32.2. The number of nitrogens with zero attached hydrogens (tertiary/aromatic N) is 1. The van der Waals surface area contributed by atoms with E-state index in [1.807, 2.05) is 6.26 Å². The Kier molecular flexibility index (Phi) is 4.49. The molecule has 1 aromatic heterocycles. The van der Waals surface area contributed by atoms with E-state index in [4.69, 9.17) is 14.3 Å². The van der Waals surface area contributed by atoms with Crippen LogP contribution in [-0.2, 0) is 9.53 Å². The van der Waals surface area contributed by atoms with E-state index in [0.717, 1.165) is 0 Å². The largest absolute Gasteiger partial charge is 0.481 e. The first-order valence-corrected chi connectivity index (χ1v) is 7.08. The number of carboxylic acid groups (broad SMARTS) is 1. The van der Waals surface area contributed by atoms with Gasteiger partial charge < -0.3 is 19.2 Å². The van der Waals surface area contributed by atoms with Gasteiger partial charge in [0, 0.05) is 6.54 Å². The summed E-state index contributed by atoms with van der Waals surface area (Å²) in [6, 6.07) is 2.90. The molecule has 0 bridgehead atoms. The van der Waals surface area contributed by atoms with Gasteiger partial charge in [-0.2, -0.15) is 0 Å². The molecule has 1 fully saturated rings. The Labute approximate surface area is 114 Å². The maximum absolute atomic E-state index is 12.3. The first kappa shape index (κ1) is 14.0. The van der Waals surface area contributed by atoms with Gasteiger partial charge in [0.05, 0.1) is 25.7 Å². The molecule has 1 aliphatic heterocycles. The highest BCUT2D eigenvalue weighted by Gasteiger charge is 2.31. The Bertz CT molecular complexity index is 472. The first-order chi connectivity index (χ1) is 9.11. The lowest BCUT2D eigenvalue weighted by Gasteiger charge is -2.34. The number of aliphatic carboxylic acids is 1. The van der Waals surface area contributed by atoms with Crippen LogP contribution >= 0.6 is 11.8 Å². The summed E-state index contributed by atoms with van der Waals surface area (Å²) in [6.45, 7) is 1.04. The maximum Gasteiger partial charge on any atom is 0.305 e. The number of ether oxygens (including phenoxy) is 1. The zero-order valence-electron chi connectivity index (χ0n) is 10.5. The number of hydrogen-bond acceptors (Lipinski definition) is 5. The number of morpholine rings is 1. The van der Waals surface area contributed by atoms with Crippen molar-refractivity contribution < 1.29 is 23.8 Å². The number of carbonyl (C=O) groups is 2. The summed E-state index contributed by atoms with van der Waals surface area (Å²) in [5.41, 5.74) is 0. The molecule has 1 saturated heterocycles. The summed E-state index contributed by atoms with van der Waals surface area (Å²) in [5.74, 6) is -0.992. The van der Waals surface area contributed by atoms with Crippen LogP contribution in [-0.4, -0.2) is 53.9 Å². The van der Waals surface area contributed by atoms with E-state index in [-0.39, 0.29) is 24.7 Å². The van der Waals surface area contributed by atoms with Crippen LogP contribution < -0.4 is 0 Å². The van der Waals surface area contributed by atoms with Gasteiger partial charge in [0.15, 0.2) is 10.9 Å². The molecule has 19 heavy (non-hydrogen) atoms. The zero-order chi connectivity index (χ0) is 13.8. The molecular weight excluding hydrogens is 270 g/mol. The van der Waals surface area contributed by atoms with Crippen LogP contribution in [0, 0.1) is 0 Å². The van der Waals surface area contributed by atoms with Crippen molar-refractivity contribution in [3.05, 3.63) is 17.9 Å². The molecule has 0 aromatic carbocycles. The van der Waals surface area contributed by atoms with E-state index in [2.05, 4.69) is 0 Å². The highest BCUT2D eigenvalue weighted by molar-refractivity contribution is 7.98. The zero-order valence-corrected chi connectivity index (χ0v) is 11.3. The van der Waals surface area contributed by atoms with E-state index in [0.29, 0.717) is 18.2 Å². The molecular formula is C12H15NO5S. The van der Waals surface area contributed by atoms with Crippen molar-refractivity contribution in [2.75, 3.05) is 26.0 Å². The van der Waals surface area contributed by atoms with E-state index in [1.165, 1.54) is 16.7 Å². The van der Waals surface area contributed by atoms with E-state index >= 15 is 0 Å². The second kappa shape index (κ2) is 6.12. The standard InChI is InChI=1S/C12H15NO5S/c1-19-11-3-2-9(18-11)12(16)13-4-5-17-7-8(13)6-10(14)15/h2-3,8H,4-7H2,1H3,(H,14,15). The Morgan fingerprint density at radius 1 is 1.53 bits per heavy atom. The normalized spacial score (nSPS) is 19.4. The minimum Gasteiger partial charge on any atom is -0.481 e. The monoisotopic (exact) mass is 285 g/mol. The van der Waals surface area contributed by atoms with Gasteiger partial charge in [-0.05, 0) is 18.4 Å². The number of furan rings is 1. The molecule has 104 valence electrons. The molecule has 1 amide bonds. The molecule has 1 aromatic rings. The minimum atomic E-state index is -0.947. The summed E-state index contributed by atoms with van der Waals surface area (Å²) in [5, 5.41) is 9.52. The smallest absolute Gasteiger partial charge is 0.305 e. The average Bonchev–Trinajstić information content (AvgIpc) is 2.86. The lowest BCUT2D eigenvalue weighted by atomic mass is 10.1. The van der Waals surface area contributed by atoms with Crippen molar-refractivity contribution in [1.82, 2.24) is 4.90 Å². The van der Waals surface area contributed by atoms with E-state index in [9.17, 15) is 9.59 Å².